The molecular formula is C20H28S. The van der Waals surface area contributed by atoms with E-state index >= 15 is 0 Å². The van der Waals surface area contributed by atoms with Gasteiger partial charge in [0.25, 0.3) is 0 Å². The van der Waals surface area contributed by atoms with Crippen LogP contribution in [0.3, 0.4) is 0 Å². The molecule has 1 heteroatoms. The Morgan fingerprint density at radius 2 is 1.81 bits per heavy atom. The van der Waals surface area contributed by atoms with Crippen molar-refractivity contribution < 1.29 is 0 Å². The normalized spacial score (nSPS) is 13.0. The van der Waals surface area contributed by atoms with Crippen molar-refractivity contribution in [2.45, 2.75) is 51.3 Å². The van der Waals surface area contributed by atoms with Crippen LogP contribution in [-0.2, 0) is 5.41 Å². The lowest BCUT2D eigenvalue weighted by molar-refractivity contribution is 0.497. The lowest BCUT2D eigenvalue weighted by Gasteiger charge is -2.26. The fourth-order valence-corrected chi connectivity index (χ4v) is 3.62. The van der Waals surface area contributed by atoms with Crippen LogP contribution < -0.4 is 0 Å². The van der Waals surface area contributed by atoms with Crippen LogP contribution >= 0.6 is 11.8 Å². The molecule has 0 aliphatic heterocycles. The molecule has 0 saturated heterocycles. The van der Waals surface area contributed by atoms with Gasteiger partial charge < -0.3 is 0 Å². The molecule has 21 heavy (non-hydrogen) atoms. The summed E-state index contributed by atoms with van der Waals surface area (Å²) >= 11 is 1.81. The van der Waals surface area contributed by atoms with E-state index in [0.29, 0.717) is 5.92 Å². The first-order valence-corrected chi connectivity index (χ1v) is 8.45. The molecule has 0 nitrogen and oxygen atoms in total. The summed E-state index contributed by atoms with van der Waals surface area (Å²) in [7, 11) is 0. The largest absolute Gasteiger partial charge is 0.0987 e. The summed E-state index contributed by atoms with van der Waals surface area (Å²) in [4.78, 5) is 2.53. The van der Waals surface area contributed by atoms with Gasteiger partial charge in [0, 0.05) is 9.80 Å². The molecular weight excluding hydrogens is 272 g/mol. The summed E-state index contributed by atoms with van der Waals surface area (Å²) in [6.45, 7) is 19.2. The third-order valence-corrected chi connectivity index (χ3v) is 5.23. The van der Waals surface area contributed by atoms with Gasteiger partial charge in [-0.2, -0.15) is 0 Å². The van der Waals surface area contributed by atoms with Crippen LogP contribution in [0.1, 0.15) is 46.6 Å². The van der Waals surface area contributed by atoms with Gasteiger partial charge in [0.05, 0.1) is 0 Å². The topological polar surface area (TPSA) is 0 Å². The molecule has 0 aromatic heterocycles. The number of allylic oxidation sites excluding steroid dienone is 3. The second-order valence-corrected chi connectivity index (χ2v) is 7.30. The molecule has 1 aromatic carbocycles. The Balaban J connectivity index is 3.30. The predicted molar refractivity (Wildman–Crippen MR) is 97.9 cm³/mol. The maximum absolute atomic E-state index is 3.99. The molecule has 0 radical (unpaired) electrons. The molecule has 0 atom stereocenters. The van der Waals surface area contributed by atoms with Gasteiger partial charge in [0.2, 0.25) is 0 Å². The summed E-state index contributed by atoms with van der Waals surface area (Å²) in [6.07, 6.45) is 5.04. The van der Waals surface area contributed by atoms with Crippen LogP contribution in [-0.4, -0.2) is 0 Å². The average Bonchev–Trinajstić information content (AvgIpc) is 2.46. The van der Waals surface area contributed by atoms with E-state index < -0.39 is 0 Å². The van der Waals surface area contributed by atoms with Gasteiger partial charge in [-0.25, -0.2) is 0 Å². The first-order valence-electron chi connectivity index (χ1n) is 7.63. The highest BCUT2D eigenvalue weighted by molar-refractivity contribution is 8.03. The second kappa shape index (κ2) is 7.70. The van der Waals surface area contributed by atoms with Gasteiger partial charge in [-0.1, -0.05) is 89.9 Å². The Morgan fingerprint density at radius 1 is 1.19 bits per heavy atom. The highest BCUT2D eigenvalue weighted by Gasteiger charge is 2.22. The van der Waals surface area contributed by atoms with E-state index in [4.69, 9.17) is 0 Å². The van der Waals surface area contributed by atoms with Gasteiger partial charge in [-0.3, -0.25) is 0 Å². The van der Waals surface area contributed by atoms with Gasteiger partial charge >= 0.3 is 0 Å². The Bertz CT molecular complexity index is 533. The molecule has 0 amide bonds. The highest BCUT2D eigenvalue weighted by Crippen LogP contribution is 2.39. The summed E-state index contributed by atoms with van der Waals surface area (Å²) in [5.74, 6) is 0.453. The van der Waals surface area contributed by atoms with Crippen LogP contribution in [0.4, 0.5) is 0 Å². The lowest BCUT2D eigenvalue weighted by atomic mass is 9.82. The molecule has 0 heterocycles. The summed E-state index contributed by atoms with van der Waals surface area (Å²) in [6, 6.07) is 8.70. The molecule has 0 unspecified atom stereocenters. The fourth-order valence-electron chi connectivity index (χ4n) is 2.26. The number of thioether (sulfide) groups is 1. The van der Waals surface area contributed by atoms with Crippen LogP contribution in [0.15, 0.2) is 64.9 Å². The minimum Gasteiger partial charge on any atom is -0.0987 e. The third-order valence-electron chi connectivity index (χ3n) is 4.03. The Hall–Kier alpha value is -1.21. The highest BCUT2D eigenvalue weighted by atomic mass is 32.2. The number of hydrogen-bond acceptors (Lipinski definition) is 1. The molecule has 0 saturated carbocycles. The average molecular weight is 301 g/mol. The Morgan fingerprint density at radius 3 is 2.29 bits per heavy atom. The molecule has 0 aliphatic rings. The van der Waals surface area contributed by atoms with E-state index in [1.54, 1.807) is 0 Å². The maximum atomic E-state index is 3.99. The van der Waals surface area contributed by atoms with Crippen LogP contribution in [0.2, 0.25) is 0 Å². The lowest BCUT2D eigenvalue weighted by Crippen LogP contribution is -2.16. The van der Waals surface area contributed by atoms with Crippen molar-refractivity contribution in [1.82, 2.24) is 0 Å². The van der Waals surface area contributed by atoms with E-state index in [9.17, 15) is 0 Å². The van der Waals surface area contributed by atoms with Gasteiger partial charge in [0.15, 0.2) is 0 Å². The zero-order valence-electron chi connectivity index (χ0n) is 14.1. The SMILES string of the molecule is C=C/C(Sc1ccccc1C(C)(C)CC)=C(\C=C)C(C)C. The van der Waals surface area contributed by atoms with Crippen molar-refractivity contribution in [2.75, 3.05) is 0 Å². The minimum atomic E-state index is 0.183. The Kier molecular flexibility index (Phi) is 6.54. The third kappa shape index (κ3) is 4.38. The first kappa shape index (κ1) is 17.8. The van der Waals surface area contributed by atoms with E-state index in [1.165, 1.54) is 20.9 Å². The predicted octanol–water partition coefficient (Wildman–Crippen LogP) is 6.75. The zero-order chi connectivity index (χ0) is 16.0. The minimum absolute atomic E-state index is 0.183. The standard InChI is InChI=1S/C20H28S/c1-8-16(15(4)5)18(9-2)21-19-14-12-11-13-17(19)20(6,7)10-3/h8-9,11-15H,1-2,10H2,3-7H3/b18-16-. The van der Waals surface area contributed by atoms with Crippen molar-refractivity contribution >= 4 is 11.8 Å². The summed E-state index contributed by atoms with van der Waals surface area (Å²) in [5.41, 5.74) is 2.85. The number of benzene rings is 1. The van der Waals surface area contributed by atoms with Crippen LogP contribution in [0.25, 0.3) is 0 Å². The van der Waals surface area contributed by atoms with Gasteiger partial charge in [-0.05, 0) is 35.0 Å². The smallest absolute Gasteiger partial charge is 0.0159 e. The fraction of sp³-hybridized carbons (Fsp3) is 0.400. The van der Waals surface area contributed by atoms with Crippen molar-refractivity contribution in [3.05, 3.63) is 65.6 Å². The molecule has 1 aromatic rings. The van der Waals surface area contributed by atoms with E-state index in [0.717, 1.165) is 6.42 Å². The summed E-state index contributed by atoms with van der Waals surface area (Å²) in [5, 5.41) is 0. The molecule has 0 fully saturated rings. The zero-order valence-corrected chi connectivity index (χ0v) is 14.9. The maximum Gasteiger partial charge on any atom is 0.0159 e. The number of rotatable bonds is 7. The number of hydrogen-bond donors (Lipinski definition) is 0. The molecule has 0 aliphatic carbocycles. The van der Waals surface area contributed by atoms with E-state index in [1.807, 2.05) is 23.9 Å². The monoisotopic (exact) mass is 300 g/mol. The first-order chi connectivity index (χ1) is 9.87. The summed E-state index contributed by atoms with van der Waals surface area (Å²) < 4.78 is 0. The van der Waals surface area contributed by atoms with E-state index in [2.05, 4.69) is 72.0 Å². The van der Waals surface area contributed by atoms with Crippen molar-refractivity contribution in [2.24, 2.45) is 5.92 Å². The van der Waals surface area contributed by atoms with Crippen LogP contribution in [0.5, 0.6) is 0 Å². The molecule has 0 spiro atoms. The second-order valence-electron chi connectivity index (χ2n) is 6.22. The Labute approximate surface area is 135 Å². The van der Waals surface area contributed by atoms with Crippen molar-refractivity contribution in [1.29, 1.82) is 0 Å². The molecule has 114 valence electrons. The quantitative estimate of drug-likeness (QED) is 0.396. The van der Waals surface area contributed by atoms with Crippen molar-refractivity contribution in [3.63, 3.8) is 0 Å². The van der Waals surface area contributed by atoms with E-state index in [-0.39, 0.29) is 5.41 Å². The van der Waals surface area contributed by atoms with Crippen LogP contribution in [0, 0.1) is 5.92 Å². The molecule has 0 N–H and O–H groups in total. The van der Waals surface area contributed by atoms with Gasteiger partial charge in [0.1, 0.15) is 0 Å². The molecule has 0 bridgehead atoms. The van der Waals surface area contributed by atoms with Crippen molar-refractivity contribution in [3.8, 4) is 0 Å². The van der Waals surface area contributed by atoms with Gasteiger partial charge in [-0.15, -0.1) is 0 Å². The molecule has 1 rings (SSSR count).